The highest BCUT2D eigenvalue weighted by Gasteiger charge is 2.12. The SMILES string of the molecule is COc1ccc(Nc2nc(C)c(-c3ccc(S(N)(=O)=O)cc3)s2)cn1. The zero-order chi connectivity index (χ0) is 18.0. The van der Waals surface area contributed by atoms with Gasteiger partial charge in [-0.3, -0.25) is 0 Å². The highest BCUT2D eigenvalue weighted by atomic mass is 32.2. The Kier molecular flexibility index (Phi) is 4.71. The van der Waals surface area contributed by atoms with Crippen LogP contribution in [-0.2, 0) is 10.0 Å². The van der Waals surface area contributed by atoms with Crippen LogP contribution in [0.25, 0.3) is 10.4 Å². The first kappa shape index (κ1) is 17.3. The lowest BCUT2D eigenvalue weighted by Crippen LogP contribution is -2.11. The zero-order valence-corrected chi connectivity index (χ0v) is 15.2. The number of pyridine rings is 1. The number of aryl methyl sites for hydroxylation is 1. The number of anilines is 2. The highest BCUT2D eigenvalue weighted by Crippen LogP contribution is 2.34. The molecular formula is C16H16N4O3S2. The van der Waals surface area contributed by atoms with Gasteiger partial charge in [0.25, 0.3) is 0 Å². The standard InChI is InChI=1S/C16H16N4O3S2/c1-10-15(11-3-6-13(7-4-11)25(17,21)22)24-16(19-10)20-12-5-8-14(23-2)18-9-12/h3-9H,1-2H3,(H,19,20)(H2,17,21,22). The number of rotatable bonds is 5. The lowest BCUT2D eigenvalue weighted by Gasteiger charge is -2.03. The van der Waals surface area contributed by atoms with Gasteiger partial charge >= 0.3 is 0 Å². The monoisotopic (exact) mass is 376 g/mol. The fourth-order valence-electron chi connectivity index (χ4n) is 2.21. The predicted molar refractivity (Wildman–Crippen MR) is 97.7 cm³/mol. The lowest BCUT2D eigenvalue weighted by molar-refractivity contribution is 0.398. The average Bonchev–Trinajstić information content (AvgIpc) is 2.95. The smallest absolute Gasteiger partial charge is 0.238 e. The van der Waals surface area contributed by atoms with Crippen LogP contribution in [0.3, 0.4) is 0 Å². The summed E-state index contributed by atoms with van der Waals surface area (Å²) in [6.07, 6.45) is 1.66. The van der Waals surface area contributed by atoms with Crippen LogP contribution in [0.4, 0.5) is 10.8 Å². The number of benzene rings is 1. The van der Waals surface area contributed by atoms with E-state index in [1.54, 1.807) is 31.5 Å². The third kappa shape index (κ3) is 3.95. The number of primary sulfonamides is 1. The molecule has 0 spiro atoms. The van der Waals surface area contributed by atoms with Crippen LogP contribution in [0, 0.1) is 6.92 Å². The average molecular weight is 376 g/mol. The Balaban J connectivity index is 1.84. The second kappa shape index (κ2) is 6.79. The maximum absolute atomic E-state index is 11.3. The molecule has 0 aliphatic rings. The molecular weight excluding hydrogens is 360 g/mol. The molecule has 9 heteroatoms. The number of methoxy groups -OCH3 is 1. The number of nitrogens with two attached hydrogens (primary N) is 1. The number of ether oxygens (including phenoxy) is 1. The van der Waals surface area contributed by atoms with Crippen LogP contribution in [0.15, 0.2) is 47.5 Å². The van der Waals surface area contributed by atoms with Gasteiger partial charge in [-0.25, -0.2) is 23.5 Å². The number of thiazole rings is 1. The maximum atomic E-state index is 11.3. The minimum Gasteiger partial charge on any atom is -0.481 e. The minimum atomic E-state index is -3.69. The van der Waals surface area contributed by atoms with E-state index < -0.39 is 10.0 Å². The summed E-state index contributed by atoms with van der Waals surface area (Å²) in [6, 6.07) is 10.0. The maximum Gasteiger partial charge on any atom is 0.238 e. The largest absolute Gasteiger partial charge is 0.481 e. The highest BCUT2D eigenvalue weighted by molar-refractivity contribution is 7.89. The van der Waals surface area contributed by atoms with Gasteiger partial charge in [-0.2, -0.15) is 0 Å². The van der Waals surface area contributed by atoms with Gasteiger partial charge < -0.3 is 10.1 Å². The Morgan fingerprint density at radius 2 is 1.88 bits per heavy atom. The van der Waals surface area contributed by atoms with Crippen LogP contribution < -0.4 is 15.2 Å². The van der Waals surface area contributed by atoms with Crippen molar-refractivity contribution >= 4 is 32.2 Å². The van der Waals surface area contributed by atoms with Gasteiger partial charge in [0.1, 0.15) is 0 Å². The minimum absolute atomic E-state index is 0.0843. The van der Waals surface area contributed by atoms with Crippen molar-refractivity contribution in [2.45, 2.75) is 11.8 Å². The molecule has 0 radical (unpaired) electrons. The summed E-state index contributed by atoms with van der Waals surface area (Å²) in [6.45, 7) is 1.90. The molecule has 3 aromatic rings. The molecule has 0 bridgehead atoms. The first-order valence-corrected chi connectivity index (χ1v) is 9.61. The van der Waals surface area contributed by atoms with Gasteiger partial charge in [-0.05, 0) is 30.7 Å². The van der Waals surface area contributed by atoms with Crippen LogP contribution in [0.1, 0.15) is 5.69 Å². The van der Waals surface area contributed by atoms with Crippen LogP contribution in [0.2, 0.25) is 0 Å². The first-order valence-electron chi connectivity index (χ1n) is 7.24. The van der Waals surface area contributed by atoms with Crippen LogP contribution in [0.5, 0.6) is 5.88 Å². The van der Waals surface area contributed by atoms with Crippen LogP contribution in [-0.4, -0.2) is 25.5 Å². The van der Waals surface area contributed by atoms with Gasteiger partial charge in [0.2, 0.25) is 15.9 Å². The van der Waals surface area contributed by atoms with E-state index in [0.29, 0.717) is 5.88 Å². The molecule has 3 N–H and O–H groups in total. The summed E-state index contributed by atoms with van der Waals surface area (Å²) >= 11 is 1.47. The number of hydrogen-bond acceptors (Lipinski definition) is 7. The van der Waals surface area contributed by atoms with Gasteiger partial charge in [0.15, 0.2) is 5.13 Å². The van der Waals surface area contributed by atoms with Crippen molar-refractivity contribution in [1.29, 1.82) is 0 Å². The molecule has 25 heavy (non-hydrogen) atoms. The fourth-order valence-corrected chi connectivity index (χ4v) is 3.72. The zero-order valence-electron chi connectivity index (χ0n) is 13.6. The molecule has 1 aromatic carbocycles. The molecule has 0 aliphatic heterocycles. The Labute approximate surface area is 149 Å². The van der Waals surface area contributed by atoms with Crippen molar-refractivity contribution < 1.29 is 13.2 Å². The molecule has 2 aromatic heterocycles. The van der Waals surface area contributed by atoms with Gasteiger partial charge in [-0.1, -0.05) is 23.5 Å². The number of sulfonamides is 1. The van der Waals surface area contributed by atoms with Crippen molar-refractivity contribution in [2.24, 2.45) is 5.14 Å². The molecule has 0 unspecified atom stereocenters. The second-order valence-corrected chi connectivity index (χ2v) is 7.78. The predicted octanol–water partition coefficient (Wildman–Crippen LogP) is 2.91. The molecule has 0 atom stereocenters. The van der Waals surface area contributed by atoms with E-state index in [1.807, 2.05) is 13.0 Å². The van der Waals surface area contributed by atoms with E-state index in [2.05, 4.69) is 15.3 Å². The van der Waals surface area contributed by atoms with Gasteiger partial charge in [-0.15, -0.1) is 0 Å². The molecule has 0 aliphatic carbocycles. The third-order valence-electron chi connectivity index (χ3n) is 3.44. The summed E-state index contributed by atoms with van der Waals surface area (Å²) in [5, 5.41) is 9.04. The number of nitrogens with zero attached hydrogens (tertiary/aromatic N) is 2. The van der Waals surface area contributed by atoms with Crippen LogP contribution >= 0.6 is 11.3 Å². The Morgan fingerprint density at radius 3 is 2.44 bits per heavy atom. The molecule has 0 fully saturated rings. The molecule has 3 rings (SSSR count). The Bertz CT molecular complexity index is 981. The number of aromatic nitrogens is 2. The second-order valence-electron chi connectivity index (χ2n) is 5.22. The Morgan fingerprint density at radius 1 is 1.16 bits per heavy atom. The van der Waals surface area contributed by atoms with E-state index in [-0.39, 0.29) is 4.90 Å². The summed E-state index contributed by atoms with van der Waals surface area (Å²) < 4.78 is 27.7. The molecule has 0 saturated heterocycles. The van der Waals surface area contributed by atoms with Crippen molar-refractivity contribution in [1.82, 2.24) is 9.97 Å². The van der Waals surface area contributed by atoms with Crippen molar-refractivity contribution in [2.75, 3.05) is 12.4 Å². The van der Waals surface area contributed by atoms with E-state index in [4.69, 9.17) is 9.88 Å². The molecule has 7 nitrogen and oxygen atoms in total. The van der Waals surface area contributed by atoms with E-state index in [0.717, 1.165) is 27.0 Å². The quantitative estimate of drug-likeness (QED) is 0.709. The Hall–Kier alpha value is -2.49. The number of hydrogen-bond donors (Lipinski definition) is 2. The van der Waals surface area contributed by atoms with Crippen molar-refractivity contribution in [3.05, 3.63) is 48.3 Å². The summed E-state index contributed by atoms with van der Waals surface area (Å²) in [5.41, 5.74) is 2.52. The normalized spacial score (nSPS) is 11.3. The van der Waals surface area contributed by atoms with Crippen molar-refractivity contribution in [3.63, 3.8) is 0 Å². The molecule has 2 heterocycles. The topological polar surface area (TPSA) is 107 Å². The van der Waals surface area contributed by atoms with E-state index >= 15 is 0 Å². The van der Waals surface area contributed by atoms with Gasteiger partial charge in [0, 0.05) is 6.07 Å². The molecule has 130 valence electrons. The summed E-state index contributed by atoms with van der Waals surface area (Å²) in [7, 11) is -2.13. The first-order chi connectivity index (χ1) is 11.9. The summed E-state index contributed by atoms with van der Waals surface area (Å²) in [5.74, 6) is 0.538. The van der Waals surface area contributed by atoms with E-state index in [1.165, 1.54) is 23.5 Å². The van der Waals surface area contributed by atoms with Gasteiger partial charge in [0.05, 0.1) is 34.5 Å². The molecule has 0 saturated carbocycles. The number of nitrogens with one attached hydrogen (secondary N) is 1. The van der Waals surface area contributed by atoms with Crippen molar-refractivity contribution in [3.8, 4) is 16.3 Å². The third-order valence-corrected chi connectivity index (χ3v) is 5.49. The summed E-state index contributed by atoms with van der Waals surface area (Å²) in [4.78, 5) is 9.67. The lowest BCUT2D eigenvalue weighted by atomic mass is 10.2. The fraction of sp³-hybridized carbons (Fsp3) is 0.125. The van der Waals surface area contributed by atoms with E-state index in [9.17, 15) is 8.42 Å². The molecule has 0 amide bonds.